The van der Waals surface area contributed by atoms with Crippen LogP contribution in [-0.4, -0.2) is 47.8 Å². The van der Waals surface area contributed by atoms with E-state index >= 15 is 0 Å². The topological polar surface area (TPSA) is 82.6 Å². The Morgan fingerprint density at radius 3 is 2.68 bits per heavy atom. The molecule has 0 saturated carbocycles. The van der Waals surface area contributed by atoms with E-state index in [0.29, 0.717) is 25.2 Å². The molecule has 3 aromatic rings. The quantitative estimate of drug-likeness (QED) is 0.664. The predicted octanol–water partition coefficient (Wildman–Crippen LogP) is 3.04. The molecular formula is C24H23N3O4. The Morgan fingerprint density at radius 1 is 1.13 bits per heavy atom. The number of rotatable bonds is 6. The van der Waals surface area contributed by atoms with Crippen molar-refractivity contribution in [3.05, 3.63) is 72.3 Å². The second-order valence-electron chi connectivity index (χ2n) is 7.68. The molecule has 2 aromatic heterocycles. The van der Waals surface area contributed by atoms with E-state index < -0.39 is 0 Å². The SMILES string of the molecule is O=C(N[C@@H]1COc2ccc(OCC3CCO3)c(-c3cccnc3)c2C1)c1cccnc1. The summed E-state index contributed by atoms with van der Waals surface area (Å²) in [5.74, 6) is 1.41. The molecule has 31 heavy (non-hydrogen) atoms. The van der Waals surface area contributed by atoms with Crippen molar-refractivity contribution in [3.8, 4) is 22.6 Å². The van der Waals surface area contributed by atoms with E-state index in [9.17, 15) is 4.79 Å². The van der Waals surface area contributed by atoms with Crippen LogP contribution >= 0.6 is 0 Å². The van der Waals surface area contributed by atoms with Crippen molar-refractivity contribution in [3.63, 3.8) is 0 Å². The van der Waals surface area contributed by atoms with E-state index in [2.05, 4.69) is 15.3 Å². The molecule has 0 radical (unpaired) electrons. The van der Waals surface area contributed by atoms with Gasteiger partial charge in [-0.1, -0.05) is 6.07 Å². The van der Waals surface area contributed by atoms with Gasteiger partial charge in [-0.05, 0) is 30.3 Å². The molecule has 2 atom stereocenters. The number of fused-ring (bicyclic) bond motifs is 1. The monoisotopic (exact) mass is 417 g/mol. The first-order valence-corrected chi connectivity index (χ1v) is 10.4. The highest BCUT2D eigenvalue weighted by Crippen LogP contribution is 2.41. The molecule has 2 aliphatic heterocycles. The molecule has 0 aliphatic carbocycles. The second kappa shape index (κ2) is 8.73. The Kier molecular flexibility index (Phi) is 5.50. The standard InChI is InChI=1S/C24H23N3O4/c28-24(17-4-2-9-26-13-17)27-18-11-20-21(30-14-18)5-6-22(31-15-19-7-10-29-19)23(20)16-3-1-8-25-12-16/h1-6,8-9,12-13,18-19H,7,10-11,14-15H2,(H,27,28)/t18-,19?/m0/s1. The van der Waals surface area contributed by atoms with Crippen LogP contribution in [0.4, 0.5) is 0 Å². The van der Waals surface area contributed by atoms with Crippen molar-refractivity contribution in [1.82, 2.24) is 15.3 Å². The number of carbonyl (C=O) groups is 1. The molecule has 2 aliphatic rings. The number of hydrogen-bond acceptors (Lipinski definition) is 6. The molecule has 0 spiro atoms. The van der Waals surface area contributed by atoms with Gasteiger partial charge >= 0.3 is 0 Å². The lowest BCUT2D eigenvalue weighted by Gasteiger charge is -2.30. The smallest absolute Gasteiger partial charge is 0.253 e. The van der Waals surface area contributed by atoms with E-state index in [4.69, 9.17) is 14.2 Å². The van der Waals surface area contributed by atoms with Gasteiger partial charge in [0, 0.05) is 60.9 Å². The Labute approximate surface area is 180 Å². The van der Waals surface area contributed by atoms with Gasteiger partial charge in [0.2, 0.25) is 0 Å². The number of benzene rings is 1. The molecule has 1 unspecified atom stereocenters. The van der Waals surface area contributed by atoms with Crippen molar-refractivity contribution in [2.75, 3.05) is 19.8 Å². The maximum Gasteiger partial charge on any atom is 0.253 e. The lowest BCUT2D eigenvalue weighted by molar-refractivity contribution is -0.0720. The Bertz CT molecular complexity index is 1060. The van der Waals surface area contributed by atoms with Gasteiger partial charge in [0.05, 0.1) is 17.7 Å². The van der Waals surface area contributed by atoms with Gasteiger partial charge < -0.3 is 19.5 Å². The van der Waals surface area contributed by atoms with Crippen molar-refractivity contribution in [2.24, 2.45) is 0 Å². The Morgan fingerprint density at radius 2 is 1.97 bits per heavy atom. The zero-order chi connectivity index (χ0) is 21.0. The van der Waals surface area contributed by atoms with Crippen LogP contribution < -0.4 is 14.8 Å². The first kappa shape index (κ1) is 19.5. The van der Waals surface area contributed by atoms with Crippen LogP contribution in [0.1, 0.15) is 22.3 Å². The van der Waals surface area contributed by atoms with Crippen LogP contribution in [0.3, 0.4) is 0 Å². The van der Waals surface area contributed by atoms with E-state index in [1.165, 1.54) is 0 Å². The number of pyridine rings is 2. The predicted molar refractivity (Wildman–Crippen MR) is 114 cm³/mol. The van der Waals surface area contributed by atoms with Gasteiger partial charge in [0.25, 0.3) is 5.91 Å². The molecule has 1 amide bonds. The fourth-order valence-electron chi connectivity index (χ4n) is 3.85. The molecule has 4 heterocycles. The van der Waals surface area contributed by atoms with E-state index in [1.807, 2.05) is 30.5 Å². The fraction of sp³-hybridized carbons (Fsp3) is 0.292. The first-order chi connectivity index (χ1) is 15.3. The van der Waals surface area contributed by atoms with Crippen LogP contribution in [0.5, 0.6) is 11.5 Å². The maximum atomic E-state index is 12.6. The molecule has 1 saturated heterocycles. The van der Waals surface area contributed by atoms with Crippen molar-refractivity contribution >= 4 is 5.91 Å². The van der Waals surface area contributed by atoms with Crippen molar-refractivity contribution in [2.45, 2.75) is 25.0 Å². The highest BCUT2D eigenvalue weighted by Gasteiger charge is 2.28. The third kappa shape index (κ3) is 4.22. The van der Waals surface area contributed by atoms with E-state index in [1.54, 1.807) is 30.7 Å². The molecule has 1 fully saturated rings. The zero-order valence-electron chi connectivity index (χ0n) is 17.0. The summed E-state index contributed by atoms with van der Waals surface area (Å²) in [5.41, 5.74) is 3.43. The van der Waals surface area contributed by atoms with Crippen LogP contribution in [0.2, 0.25) is 0 Å². The van der Waals surface area contributed by atoms with Gasteiger partial charge in [-0.25, -0.2) is 0 Å². The number of aromatic nitrogens is 2. The van der Waals surface area contributed by atoms with E-state index in [-0.39, 0.29) is 18.1 Å². The highest BCUT2D eigenvalue weighted by molar-refractivity contribution is 5.94. The summed E-state index contributed by atoms with van der Waals surface area (Å²) in [7, 11) is 0. The van der Waals surface area contributed by atoms with Gasteiger partial charge in [0.1, 0.15) is 24.7 Å². The first-order valence-electron chi connectivity index (χ1n) is 10.4. The highest BCUT2D eigenvalue weighted by atomic mass is 16.5. The summed E-state index contributed by atoms with van der Waals surface area (Å²) in [4.78, 5) is 20.9. The number of ether oxygens (including phenoxy) is 3. The van der Waals surface area contributed by atoms with Crippen LogP contribution in [-0.2, 0) is 11.2 Å². The average Bonchev–Trinajstić information content (AvgIpc) is 2.79. The number of nitrogens with one attached hydrogen (secondary N) is 1. The van der Waals surface area contributed by atoms with Gasteiger partial charge in [-0.3, -0.25) is 14.8 Å². The summed E-state index contributed by atoms with van der Waals surface area (Å²) in [6.45, 7) is 1.70. The third-order valence-electron chi connectivity index (χ3n) is 5.55. The fourth-order valence-corrected chi connectivity index (χ4v) is 3.85. The maximum absolute atomic E-state index is 12.6. The largest absolute Gasteiger partial charge is 0.491 e. The summed E-state index contributed by atoms with van der Waals surface area (Å²) in [5, 5.41) is 3.06. The van der Waals surface area contributed by atoms with Crippen LogP contribution in [0.15, 0.2) is 61.2 Å². The molecular weight excluding hydrogens is 394 g/mol. The van der Waals surface area contributed by atoms with Crippen molar-refractivity contribution in [1.29, 1.82) is 0 Å². The number of carbonyl (C=O) groups excluding carboxylic acids is 1. The van der Waals surface area contributed by atoms with Crippen LogP contribution in [0.25, 0.3) is 11.1 Å². The molecule has 5 rings (SSSR count). The zero-order valence-corrected chi connectivity index (χ0v) is 17.0. The average molecular weight is 417 g/mol. The Hall–Kier alpha value is -3.45. The lowest BCUT2D eigenvalue weighted by Crippen LogP contribution is -2.43. The molecule has 7 nitrogen and oxygen atoms in total. The van der Waals surface area contributed by atoms with Gasteiger partial charge in [-0.2, -0.15) is 0 Å². The minimum atomic E-state index is -0.166. The summed E-state index contributed by atoms with van der Waals surface area (Å²) in [6.07, 6.45) is 8.55. The molecule has 0 bridgehead atoms. The second-order valence-corrected chi connectivity index (χ2v) is 7.68. The molecule has 7 heteroatoms. The lowest BCUT2D eigenvalue weighted by atomic mass is 9.92. The molecule has 158 valence electrons. The molecule has 1 N–H and O–H groups in total. The number of amides is 1. The Balaban J connectivity index is 1.43. The minimum Gasteiger partial charge on any atom is -0.491 e. The summed E-state index contributed by atoms with van der Waals surface area (Å²) >= 11 is 0. The summed E-state index contributed by atoms with van der Waals surface area (Å²) in [6, 6.07) is 11.1. The number of hydrogen-bond donors (Lipinski definition) is 1. The van der Waals surface area contributed by atoms with Gasteiger partial charge in [0.15, 0.2) is 0 Å². The molecule has 1 aromatic carbocycles. The normalized spacial score (nSPS) is 19.5. The van der Waals surface area contributed by atoms with Gasteiger partial charge in [-0.15, -0.1) is 0 Å². The minimum absolute atomic E-state index is 0.139. The third-order valence-corrected chi connectivity index (χ3v) is 5.55. The van der Waals surface area contributed by atoms with Crippen molar-refractivity contribution < 1.29 is 19.0 Å². The van der Waals surface area contributed by atoms with Crippen LogP contribution in [0, 0.1) is 0 Å². The summed E-state index contributed by atoms with van der Waals surface area (Å²) < 4.78 is 17.7. The number of nitrogens with zero attached hydrogens (tertiary/aromatic N) is 2. The van der Waals surface area contributed by atoms with E-state index in [0.717, 1.165) is 41.2 Å².